The van der Waals surface area contributed by atoms with Crippen molar-refractivity contribution in [3.05, 3.63) is 29.6 Å². The predicted molar refractivity (Wildman–Crippen MR) is 94.4 cm³/mol. The standard InChI is InChI=1S/C19H31FN2O2/c1-4-23-11-5-10-21-22-19(14(2)3)16-8-9-17(20)18(12-16)24-13-15-6-7-15/h8-9,12,14-15,19,21-22H,4-7,10-11,13H2,1-3H3. The number of halogens is 1. The molecule has 1 fully saturated rings. The lowest BCUT2D eigenvalue weighted by atomic mass is 9.96. The zero-order valence-corrected chi connectivity index (χ0v) is 15.1. The highest BCUT2D eigenvalue weighted by Crippen LogP contribution is 2.31. The van der Waals surface area contributed by atoms with Crippen molar-refractivity contribution in [2.75, 3.05) is 26.4 Å². The van der Waals surface area contributed by atoms with Gasteiger partial charge in [0.1, 0.15) is 0 Å². The first-order valence-electron chi connectivity index (χ1n) is 9.10. The minimum atomic E-state index is -0.286. The zero-order valence-electron chi connectivity index (χ0n) is 15.1. The SMILES string of the molecule is CCOCCCNNC(c1ccc(F)c(OCC2CC2)c1)C(C)C. The lowest BCUT2D eigenvalue weighted by molar-refractivity contribution is 0.143. The van der Waals surface area contributed by atoms with Gasteiger partial charge in [-0.3, -0.25) is 10.9 Å². The Morgan fingerprint density at radius 1 is 1.29 bits per heavy atom. The third-order valence-corrected chi connectivity index (χ3v) is 4.20. The van der Waals surface area contributed by atoms with Crippen LogP contribution in [0.15, 0.2) is 18.2 Å². The van der Waals surface area contributed by atoms with Crippen LogP contribution in [0.1, 0.15) is 51.6 Å². The van der Waals surface area contributed by atoms with Crippen LogP contribution in [0.3, 0.4) is 0 Å². The van der Waals surface area contributed by atoms with Crippen molar-refractivity contribution in [3.63, 3.8) is 0 Å². The van der Waals surface area contributed by atoms with Crippen LogP contribution >= 0.6 is 0 Å². The Morgan fingerprint density at radius 3 is 2.75 bits per heavy atom. The predicted octanol–water partition coefficient (Wildman–Crippen LogP) is 3.83. The molecule has 0 amide bonds. The fourth-order valence-electron chi connectivity index (χ4n) is 2.54. The van der Waals surface area contributed by atoms with E-state index >= 15 is 0 Å². The van der Waals surface area contributed by atoms with Crippen molar-refractivity contribution in [3.8, 4) is 5.75 Å². The average Bonchev–Trinajstić information content (AvgIpc) is 3.38. The van der Waals surface area contributed by atoms with Gasteiger partial charge in [-0.2, -0.15) is 0 Å². The summed E-state index contributed by atoms with van der Waals surface area (Å²) in [7, 11) is 0. The molecule has 5 heteroatoms. The Hall–Kier alpha value is -1.17. The largest absolute Gasteiger partial charge is 0.490 e. The second kappa shape index (κ2) is 9.97. The Morgan fingerprint density at radius 2 is 2.08 bits per heavy atom. The summed E-state index contributed by atoms with van der Waals surface area (Å²) < 4.78 is 24.9. The van der Waals surface area contributed by atoms with E-state index < -0.39 is 0 Å². The van der Waals surface area contributed by atoms with Gasteiger partial charge in [0.15, 0.2) is 11.6 Å². The number of nitrogens with one attached hydrogen (secondary N) is 2. The second-order valence-corrected chi connectivity index (χ2v) is 6.79. The summed E-state index contributed by atoms with van der Waals surface area (Å²) in [6.07, 6.45) is 3.34. The van der Waals surface area contributed by atoms with Gasteiger partial charge in [-0.1, -0.05) is 19.9 Å². The first-order chi connectivity index (χ1) is 11.6. The van der Waals surface area contributed by atoms with Crippen LogP contribution in [0.25, 0.3) is 0 Å². The Balaban J connectivity index is 1.89. The molecule has 1 aromatic rings. The van der Waals surface area contributed by atoms with E-state index in [-0.39, 0.29) is 11.9 Å². The maximum atomic E-state index is 14.0. The van der Waals surface area contributed by atoms with Crippen LogP contribution in [-0.4, -0.2) is 26.4 Å². The quantitative estimate of drug-likeness (QED) is 0.449. The van der Waals surface area contributed by atoms with Gasteiger partial charge in [0.2, 0.25) is 0 Å². The molecular weight excluding hydrogens is 307 g/mol. The van der Waals surface area contributed by atoms with Crippen molar-refractivity contribution in [2.45, 2.75) is 46.1 Å². The molecule has 1 aromatic carbocycles. The summed E-state index contributed by atoms with van der Waals surface area (Å²) in [4.78, 5) is 0. The normalized spacial score (nSPS) is 15.7. The highest BCUT2D eigenvalue weighted by molar-refractivity contribution is 5.32. The van der Waals surface area contributed by atoms with Crippen LogP contribution in [-0.2, 0) is 4.74 Å². The van der Waals surface area contributed by atoms with E-state index in [1.807, 2.05) is 19.1 Å². The molecule has 1 atom stereocenters. The number of benzene rings is 1. The summed E-state index contributed by atoms with van der Waals surface area (Å²) in [6.45, 7) is 9.25. The molecule has 4 nitrogen and oxygen atoms in total. The van der Waals surface area contributed by atoms with E-state index in [0.29, 0.717) is 24.2 Å². The van der Waals surface area contributed by atoms with Gasteiger partial charge < -0.3 is 9.47 Å². The number of rotatable bonds is 12. The van der Waals surface area contributed by atoms with E-state index in [2.05, 4.69) is 24.7 Å². The molecule has 0 spiro atoms. The maximum Gasteiger partial charge on any atom is 0.165 e. The van der Waals surface area contributed by atoms with Crippen molar-refractivity contribution in [1.29, 1.82) is 0 Å². The highest BCUT2D eigenvalue weighted by Gasteiger charge is 2.23. The number of hydrogen-bond acceptors (Lipinski definition) is 4. The summed E-state index contributed by atoms with van der Waals surface area (Å²) in [6, 6.07) is 5.26. The Labute approximate surface area is 145 Å². The van der Waals surface area contributed by atoms with Crippen molar-refractivity contribution in [1.82, 2.24) is 10.9 Å². The first kappa shape index (κ1) is 19.2. The number of ether oxygens (including phenoxy) is 2. The molecule has 0 heterocycles. The topological polar surface area (TPSA) is 42.5 Å². The average molecular weight is 338 g/mol. The Bertz CT molecular complexity index is 492. The van der Waals surface area contributed by atoms with Gasteiger partial charge in [0.05, 0.1) is 6.61 Å². The molecule has 1 aliphatic carbocycles. The lowest BCUT2D eigenvalue weighted by Crippen LogP contribution is -2.38. The zero-order chi connectivity index (χ0) is 17.4. The second-order valence-electron chi connectivity index (χ2n) is 6.79. The van der Waals surface area contributed by atoms with Gasteiger partial charge >= 0.3 is 0 Å². The van der Waals surface area contributed by atoms with Crippen LogP contribution in [0.4, 0.5) is 4.39 Å². The molecule has 1 unspecified atom stereocenters. The molecule has 0 aliphatic heterocycles. The summed E-state index contributed by atoms with van der Waals surface area (Å²) in [5.41, 5.74) is 7.64. The third kappa shape index (κ3) is 6.38. The van der Waals surface area contributed by atoms with Crippen molar-refractivity contribution in [2.24, 2.45) is 11.8 Å². The molecule has 0 saturated heterocycles. The van der Waals surface area contributed by atoms with Gasteiger partial charge in [0, 0.05) is 25.8 Å². The minimum Gasteiger partial charge on any atom is -0.490 e. The van der Waals surface area contributed by atoms with Gasteiger partial charge in [-0.15, -0.1) is 0 Å². The molecule has 24 heavy (non-hydrogen) atoms. The molecule has 136 valence electrons. The Kier molecular flexibility index (Phi) is 7.95. The van der Waals surface area contributed by atoms with Crippen molar-refractivity contribution >= 4 is 0 Å². The summed E-state index contributed by atoms with van der Waals surface area (Å²) >= 11 is 0. The molecule has 1 saturated carbocycles. The van der Waals surface area contributed by atoms with Crippen LogP contribution < -0.4 is 15.6 Å². The van der Waals surface area contributed by atoms with Crippen LogP contribution in [0, 0.1) is 17.7 Å². The van der Waals surface area contributed by atoms with Gasteiger partial charge in [0.25, 0.3) is 0 Å². The van der Waals surface area contributed by atoms with Gasteiger partial charge in [-0.25, -0.2) is 4.39 Å². The van der Waals surface area contributed by atoms with E-state index in [0.717, 1.165) is 31.7 Å². The maximum absolute atomic E-state index is 14.0. The fraction of sp³-hybridized carbons (Fsp3) is 0.684. The van der Waals surface area contributed by atoms with Crippen molar-refractivity contribution < 1.29 is 13.9 Å². The monoisotopic (exact) mass is 338 g/mol. The molecular formula is C19H31FN2O2. The summed E-state index contributed by atoms with van der Waals surface area (Å²) in [5.74, 6) is 1.06. The molecule has 0 aromatic heterocycles. The molecule has 1 aliphatic rings. The van der Waals surface area contributed by atoms with Crippen LogP contribution in [0.5, 0.6) is 5.75 Å². The number of hydrogen-bond donors (Lipinski definition) is 2. The smallest absolute Gasteiger partial charge is 0.165 e. The summed E-state index contributed by atoms with van der Waals surface area (Å²) in [5, 5.41) is 0. The fourth-order valence-corrected chi connectivity index (χ4v) is 2.54. The number of hydrazine groups is 1. The van der Waals surface area contributed by atoms with Gasteiger partial charge in [-0.05, 0) is 55.7 Å². The highest BCUT2D eigenvalue weighted by atomic mass is 19.1. The van der Waals surface area contributed by atoms with E-state index in [1.54, 1.807) is 0 Å². The molecule has 2 rings (SSSR count). The first-order valence-corrected chi connectivity index (χ1v) is 9.10. The molecule has 0 bridgehead atoms. The van der Waals surface area contributed by atoms with Crippen LogP contribution in [0.2, 0.25) is 0 Å². The lowest BCUT2D eigenvalue weighted by Gasteiger charge is -2.24. The van der Waals surface area contributed by atoms with E-state index in [9.17, 15) is 4.39 Å². The minimum absolute atomic E-state index is 0.0981. The molecule has 2 N–H and O–H groups in total. The van der Waals surface area contributed by atoms with E-state index in [4.69, 9.17) is 9.47 Å². The third-order valence-electron chi connectivity index (χ3n) is 4.20. The molecule has 0 radical (unpaired) electrons. The van der Waals surface area contributed by atoms with E-state index in [1.165, 1.54) is 18.9 Å².